The maximum Gasteiger partial charge on any atom is 0.336 e. The molecule has 3 aromatic rings. The third-order valence-corrected chi connectivity index (χ3v) is 4.19. The second-order valence-electron chi connectivity index (χ2n) is 4.46. The van der Waals surface area contributed by atoms with Gasteiger partial charge in [-0.3, -0.25) is 0 Å². The van der Waals surface area contributed by atoms with Gasteiger partial charge in [0.2, 0.25) is 0 Å². The third-order valence-electron chi connectivity index (χ3n) is 3.09. The number of nitrogens with zero attached hydrogens (tertiary/aromatic N) is 1. The Balaban J connectivity index is 2.10. The minimum atomic E-state index is -1.01. The smallest absolute Gasteiger partial charge is 0.336 e. The van der Waals surface area contributed by atoms with E-state index in [0.29, 0.717) is 21.7 Å². The summed E-state index contributed by atoms with van der Waals surface area (Å²) in [5.74, 6) is -1.37. The highest BCUT2D eigenvalue weighted by molar-refractivity contribution is 7.19. The number of rotatable bonds is 3. The molecule has 0 saturated heterocycles. The lowest BCUT2D eigenvalue weighted by Gasteiger charge is -2.06. The lowest BCUT2D eigenvalue weighted by molar-refractivity contribution is 0.0696. The molecule has 104 valence electrons. The number of carboxylic acid groups (broad SMARTS) is 1. The lowest BCUT2D eigenvalue weighted by atomic mass is 10.0. The van der Waals surface area contributed by atoms with E-state index in [0.717, 1.165) is 4.70 Å². The average molecular weight is 299 g/mol. The number of carboxylic acids is 1. The summed E-state index contributed by atoms with van der Waals surface area (Å²) in [6.45, 7) is 3.95. The number of fused-ring (bicyclic) bond motifs is 1. The van der Waals surface area contributed by atoms with Gasteiger partial charge in [0.1, 0.15) is 10.8 Å². The molecule has 0 spiro atoms. The number of aromatic carboxylic acids is 1. The predicted octanol–water partition coefficient (Wildman–Crippen LogP) is 4.20. The van der Waals surface area contributed by atoms with E-state index >= 15 is 0 Å². The van der Waals surface area contributed by atoms with Crippen LogP contribution in [-0.2, 0) is 0 Å². The van der Waals surface area contributed by atoms with Gasteiger partial charge in [0.25, 0.3) is 0 Å². The fourth-order valence-electron chi connectivity index (χ4n) is 2.08. The van der Waals surface area contributed by atoms with Crippen LogP contribution in [0.15, 0.2) is 49.0 Å². The number of hydrogen-bond acceptors (Lipinski definition) is 3. The Hall–Kier alpha value is -2.53. The molecule has 3 nitrogen and oxygen atoms in total. The zero-order valence-corrected chi connectivity index (χ0v) is 11.7. The Morgan fingerprint density at radius 1 is 1.19 bits per heavy atom. The van der Waals surface area contributed by atoms with E-state index in [1.807, 2.05) is 0 Å². The molecular formula is C16H10FNO2S. The van der Waals surface area contributed by atoms with Gasteiger partial charge in [0.05, 0.1) is 15.8 Å². The van der Waals surface area contributed by atoms with E-state index in [-0.39, 0.29) is 11.4 Å². The van der Waals surface area contributed by atoms with Crippen molar-refractivity contribution in [3.63, 3.8) is 0 Å². The van der Waals surface area contributed by atoms with Crippen molar-refractivity contribution in [2.45, 2.75) is 0 Å². The summed E-state index contributed by atoms with van der Waals surface area (Å²) in [6.07, 6.45) is 0. The number of carbonyl (C=O) groups is 1. The van der Waals surface area contributed by atoms with E-state index in [4.69, 9.17) is 0 Å². The zero-order valence-electron chi connectivity index (χ0n) is 10.8. The van der Waals surface area contributed by atoms with Crippen LogP contribution >= 0.6 is 11.3 Å². The van der Waals surface area contributed by atoms with Gasteiger partial charge in [0.15, 0.2) is 0 Å². The van der Waals surface area contributed by atoms with Crippen molar-refractivity contribution >= 4 is 33.1 Å². The Morgan fingerprint density at radius 3 is 2.62 bits per heavy atom. The molecule has 1 heterocycles. The second-order valence-corrected chi connectivity index (χ2v) is 5.49. The molecule has 0 fully saturated rings. The monoisotopic (exact) mass is 299 g/mol. The van der Waals surface area contributed by atoms with Gasteiger partial charge >= 0.3 is 5.97 Å². The van der Waals surface area contributed by atoms with Crippen LogP contribution in [0.2, 0.25) is 0 Å². The van der Waals surface area contributed by atoms with Crippen molar-refractivity contribution in [1.29, 1.82) is 0 Å². The summed E-state index contributed by atoms with van der Waals surface area (Å²) in [5, 5.41) is 9.82. The normalized spacial score (nSPS) is 10.7. The first kappa shape index (κ1) is 13.5. The molecule has 0 unspecified atom stereocenters. The quantitative estimate of drug-likeness (QED) is 0.788. The average Bonchev–Trinajstić information content (AvgIpc) is 2.89. The summed E-state index contributed by atoms with van der Waals surface area (Å²) < 4.78 is 14.0. The SMILES string of the molecule is C=C(c1nc2cc(F)ccc2s1)c1ccccc1C(=O)O. The Kier molecular flexibility index (Phi) is 3.27. The van der Waals surface area contributed by atoms with Crippen molar-refractivity contribution in [2.24, 2.45) is 0 Å². The topological polar surface area (TPSA) is 50.2 Å². The summed E-state index contributed by atoms with van der Waals surface area (Å²) in [7, 11) is 0. The Morgan fingerprint density at radius 2 is 1.90 bits per heavy atom. The van der Waals surface area contributed by atoms with Gasteiger partial charge in [-0.05, 0) is 23.8 Å². The van der Waals surface area contributed by atoms with Crippen LogP contribution in [0.25, 0.3) is 15.8 Å². The largest absolute Gasteiger partial charge is 0.478 e. The molecule has 0 aliphatic heterocycles. The molecule has 3 rings (SSSR count). The number of aromatic nitrogens is 1. The maximum atomic E-state index is 13.2. The number of benzene rings is 2. The van der Waals surface area contributed by atoms with Gasteiger partial charge in [-0.2, -0.15) is 0 Å². The zero-order chi connectivity index (χ0) is 15.0. The molecule has 0 atom stereocenters. The van der Waals surface area contributed by atoms with Crippen molar-refractivity contribution < 1.29 is 14.3 Å². The van der Waals surface area contributed by atoms with Crippen LogP contribution in [0.1, 0.15) is 20.9 Å². The van der Waals surface area contributed by atoms with E-state index in [1.54, 1.807) is 24.3 Å². The molecular weight excluding hydrogens is 289 g/mol. The van der Waals surface area contributed by atoms with E-state index in [9.17, 15) is 14.3 Å². The fourth-order valence-corrected chi connectivity index (χ4v) is 3.01. The first-order valence-electron chi connectivity index (χ1n) is 6.14. The predicted molar refractivity (Wildman–Crippen MR) is 81.1 cm³/mol. The molecule has 0 bridgehead atoms. The van der Waals surface area contributed by atoms with E-state index in [1.165, 1.54) is 29.5 Å². The maximum absolute atomic E-state index is 13.2. The molecule has 0 aliphatic carbocycles. The minimum absolute atomic E-state index is 0.174. The van der Waals surface area contributed by atoms with Crippen LogP contribution in [0.4, 0.5) is 4.39 Å². The first-order chi connectivity index (χ1) is 10.1. The van der Waals surface area contributed by atoms with Crippen molar-refractivity contribution in [2.75, 3.05) is 0 Å². The molecule has 0 saturated carbocycles. The Labute approximate surface area is 124 Å². The first-order valence-corrected chi connectivity index (χ1v) is 6.96. The van der Waals surface area contributed by atoms with Crippen LogP contribution < -0.4 is 0 Å². The van der Waals surface area contributed by atoms with Gasteiger partial charge in [-0.1, -0.05) is 24.8 Å². The van der Waals surface area contributed by atoms with Gasteiger partial charge in [-0.25, -0.2) is 14.2 Å². The molecule has 0 aliphatic rings. The fraction of sp³-hybridized carbons (Fsp3) is 0. The molecule has 21 heavy (non-hydrogen) atoms. The highest BCUT2D eigenvalue weighted by Gasteiger charge is 2.15. The molecule has 0 amide bonds. The second kappa shape index (κ2) is 5.10. The summed E-state index contributed by atoms with van der Waals surface area (Å²) >= 11 is 1.36. The third kappa shape index (κ3) is 2.43. The summed E-state index contributed by atoms with van der Waals surface area (Å²) in [4.78, 5) is 15.6. The van der Waals surface area contributed by atoms with Crippen molar-refractivity contribution in [3.05, 3.63) is 71.0 Å². The standard InChI is InChI=1S/C16H10FNO2S/c1-9(11-4-2-3-5-12(11)16(19)20)15-18-13-8-10(17)6-7-14(13)21-15/h2-8H,1H2,(H,19,20). The lowest BCUT2D eigenvalue weighted by Crippen LogP contribution is -2.01. The molecule has 1 N–H and O–H groups in total. The molecule has 0 radical (unpaired) electrons. The van der Waals surface area contributed by atoms with Gasteiger partial charge in [0, 0.05) is 11.6 Å². The number of thiazole rings is 1. The van der Waals surface area contributed by atoms with Gasteiger partial charge in [-0.15, -0.1) is 11.3 Å². The molecule has 1 aromatic heterocycles. The molecule has 2 aromatic carbocycles. The van der Waals surface area contributed by atoms with Crippen molar-refractivity contribution in [3.8, 4) is 0 Å². The van der Waals surface area contributed by atoms with Gasteiger partial charge < -0.3 is 5.11 Å². The summed E-state index contributed by atoms with van der Waals surface area (Å²) in [6, 6.07) is 11.0. The van der Waals surface area contributed by atoms with E-state index < -0.39 is 5.97 Å². The van der Waals surface area contributed by atoms with Crippen LogP contribution in [0.5, 0.6) is 0 Å². The minimum Gasteiger partial charge on any atom is -0.478 e. The van der Waals surface area contributed by atoms with Crippen LogP contribution in [0, 0.1) is 5.82 Å². The number of hydrogen-bond donors (Lipinski definition) is 1. The van der Waals surface area contributed by atoms with Crippen molar-refractivity contribution in [1.82, 2.24) is 4.98 Å². The van der Waals surface area contributed by atoms with Crippen LogP contribution in [-0.4, -0.2) is 16.1 Å². The number of halogens is 1. The van der Waals surface area contributed by atoms with Crippen LogP contribution in [0.3, 0.4) is 0 Å². The highest BCUT2D eigenvalue weighted by Crippen LogP contribution is 2.31. The molecule has 5 heteroatoms. The Bertz CT molecular complexity index is 870. The summed E-state index contributed by atoms with van der Waals surface area (Å²) in [5.41, 5.74) is 1.76. The highest BCUT2D eigenvalue weighted by atomic mass is 32.1. The van der Waals surface area contributed by atoms with E-state index in [2.05, 4.69) is 11.6 Å².